The lowest BCUT2D eigenvalue weighted by atomic mass is 10.2. The number of rotatable bonds is 2. The van der Waals surface area contributed by atoms with Crippen molar-refractivity contribution in [2.45, 2.75) is 23.8 Å². The van der Waals surface area contributed by atoms with Crippen LogP contribution < -0.4 is 20.3 Å². The van der Waals surface area contributed by atoms with Gasteiger partial charge in [0, 0.05) is 36.9 Å². The SMILES string of the molecule is COc1cc2c(cc1N1CCCC1)SC[C@H](N)C(=O)N2C. The highest BCUT2D eigenvalue weighted by molar-refractivity contribution is 7.99. The lowest BCUT2D eigenvalue weighted by Gasteiger charge is -2.25. The first-order valence-corrected chi connectivity index (χ1v) is 8.23. The van der Waals surface area contributed by atoms with Crippen LogP contribution in [0, 0.1) is 0 Å². The molecule has 2 heterocycles. The highest BCUT2D eigenvalue weighted by atomic mass is 32.2. The summed E-state index contributed by atoms with van der Waals surface area (Å²) in [4.78, 5) is 17.3. The fourth-order valence-corrected chi connectivity index (χ4v) is 3.94. The number of benzene rings is 1. The molecule has 0 aromatic heterocycles. The van der Waals surface area contributed by atoms with E-state index in [2.05, 4.69) is 11.0 Å². The van der Waals surface area contributed by atoms with Crippen molar-refractivity contribution < 1.29 is 9.53 Å². The van der Waals surface area contributed by atoms with E-state index in [1.807, 2.05) is 6.07 Å². The number of methoxy groups -OCH3 is 1. The fraction of sp³-hybridized carbons (Fsp3) is 0.533. The third-order valence-electron chi connectivity index (χ3n) is 4.13. The van der Waals surface area contributed by atoms with E-state index in [4.69, 9.17) is 10.5 Å². The van der Waals surface area contributed by atoms with Crippen molar-refractivity contribution in [2.75, 3.05) is 42.8 Å². The summed E-state index contributed by atoms with van der Waals surface area (Å²) >= 11 is 1.65. The molecule has 1 amide bonds. The molecule has 0 saturated carbocycles. The number of likely N-dealkylation sites (N-methyl/N-ethyl adjacent to an activating group) is 1. The number of fused-ring (bicyclic) bond motifs is 1. The van der Waals surface area contributed by atoms with E-state index < -0.39 is 6.04 Å². The molecule has 3 rings (SSSR count). The maximum atomic E-state index is 12.2. The maximum Gasteiger partial charge on any atom is 0.244 e. The Morgan fingerprint density at radius 3 is 2.67 bits per heavy atom. The number of hydrogen-bond acceptors (Lipinski definition) is 5. The standard InChI is InChI=1S/C15H21N3O2S/c1-17-12-7-13(20-2)11(18-5-3-4-6-18)8-14(12)21-9-10(16)15(17)19/h7-8,10H,3-6,9,16H2,1-2H3/t10-/m0/s1. The molecule has 2 N–H and O–H groups in total. The van der Waals surface area contributed by atoms with E-state index in [1.165, 1.54) is 12.8 Å². The third kappa shape index (κ3) is 2.58. The third-order valence-corrected chi connectivity index (χ3v) is 5.30. The summed E-state index contributed by atoms with van der Waals surface area (Å²) in [5.74, 6) is 1.39. The van der Waals surface area contributed by atoms with Gasteiger partial charge in [-0.05, 0) is 18.9 Å². The molecule has 6 heteroatoms. The Bertz CT molecular complexity index is 558. The Morgan fingerprint density at radius 1 is 1.29 bits per heavy atom. The average Bonchev–Trinajstić information content (AvgIpc) is 3.01. The number of carbonyl (C=O) groups is 1. The van der Waals surface area contributed by atoms with Crippen LogP contribution in [0.3, 0.4) is 0 Å². The Kier molecular flexibility index (Phi) is 3.99. The zero-order valence-electron chi connectivity index (χ0n) is 12.5. The van der Waals surface area contributed by atoms with Crippen LogP contribution in [0.5, 0.6) is 5.75 Å². The first-order chi connectivity index (χ1) is 10.1. The van der Waals surface area contributed by atoms with Gasteiger partial charge in [-0.1, -0.05) is 0 Å². The molecule has 0 unspecified atom stereocenters. The number of carbonyl (C=O) groups excluding carboxylic acids is 1. The van der Waals surface area contributed by atoms with Gasteiger partial charge in [-0.2, -0.15) is 0 Å². The Balaban J connectivity index is 2.05. The zero-order chi connectivity index (χ0) is 15.0. The van der Waals surface area contributed by atoms with Crippen LogP contribution in [0.1, 0.15) is 12.8 Å². The summed E-state index contributed by atoms with van der Waals surface area (Å²) in [5, 5.41) is 0. The number of thioether (sulfide) groups is 1. The van der Waals surface area contributed by atoms with Gasteiger partial charge >= 0.3 is 0 Å². The molecule has 0 bridgehead atoms. The summed E-state index contributed by atoms with van der Waals surface area (Å²) in [5.41, 5.74) is 7.93. The van der Waals surface area contributed by atoms with Gasteiger partial charge in [0.05, 0.1) is 24.5 Å². The van der Waals surface area contributed by atoms with Crippen molar-refractivity contribution in [3.05, 3.63) is 12.1 Å². The van der Waals surface area contributed by atoms with Gasteiger partial charge in [0.1, 0.15) is 5.75 Å². The number of amides is 1. The number of hydrogen-bond donors (Lipinski definition) is 1. The second-order valence-corrected chi connectivity index (χ2v) is 6.56. The molecule has 2 aliphatic heterocycles. The van der Waals surface area contributed by atoms with Gasteiger partial charge in [-0.3, -0.25) is 4.79 Å². The summed E-state index contributed by atoms with van der Waals surface area (Å²) in [6, 6.07) is 3.66. The highest BCUT2D eigenvalue weighted by Gasteiger charge is 2.28. The van der Waals surface area contributed by atoms with Crippen LogP contribution in [0.25, 0.3) is 0 Å². The molecule has 1 atom stereocenters. The van der Waals surface area contributed by atoms with E-state index >= 15 is 0 Å². The summed E-state index contributed by atoms with van der Waals surface area (Å²) in [7, 11) is 3.46. The van der Waals surface area contributed by atoms with Crippen molar-refractivity contribution in [3.8, 4) is 5.75 Å². The largest absolute Gasteiger partial charge is 0.495 e. The van der Waals surface area contributed by atoms with E-state index in [0.29, 0.717) is 5.75 Å². The van der Waals surface area contributed by atoms with Crippen LogP contribution in [-0.4, -0.2) is 44.9 Å². The second kappa shape index (κ2) is 5.77. The topological polar surface area (TPSA) is 58.8 Å². The van der Waals surface area contributed by atoms with Gasteiger partial charge in [0.2, 0.25) is 5.91 Å². The van der Waals surface area contributed by atoms with Crippen molar-refractivity contribution in [1.82, 2.24) is 0 Å². The van der Waals surface area contributed by atoms with E-state index in [-0.39, 0.29) is 5.91 Å². The lowest BCUT2D eigenvalue weighted by molar-refractivity contribution is -0.119. The molecular formula is C15H21N3O2S. The van der Waals surface area contributed by atoms with Crippen molar-refractivity contribution in [3.63, 3.8) is 0 Å². The molecule has 1 aromatic carbocycles. The maximum absolute atomic E-state index is 12.2. The quantitative estimate of drug-likeness (QED) is 0.901. The normalized spacial score (nSPS) is 22.2. The fourth-order valence-electron chi connectivity index (χ4n) is 2.90. The molecule has 21 heavy (non-hydrogen) atoms. The van der Waals surface area contributed by atoms with Crippen LogP contribution in [-0.2, 0) is 4.79 Å². The number of nitrogens with two attached hydrogens (primary N) is 1. The monoisotopic (exact) mass is 307 g/mol. The van der Waals surface area contributed by atoms with Crippen molar-refractivity contribution in [2.24, 2.45) is 5.73 Å². The minimum atomic E-state index is -0.450. The molecular weight excluding hydrogens is 286 g/mol. The molecule has 1 saturated heterocycles. The molecule has 0 radical (unpaired) electrons. The lowest BCUT2D eigenvalue weighted by Crippen LogP contribution is -2.42. The van der Waals surface area contributed by atoms with E-state index in [0.717, 1.165) is 35.1 Å². The predicted octanol–water partition coefficient (Wildman–Crippen LogP) is 1.69. The number of ether oxygens (including phenoxy) is 1. The smallest absolute Gasteiger partial charge is 0.244 e. The van der Waals surface area contributed by atoms with Crippen molar-refractivity contribution in [1.29, 1.82) is 0 Å². The molecule has 1 aromatic rings. The number of anilines is 2. The molecule has 5 nitrogen and oxygen atoms in total. The summed E-state index contributed by atoms with van der Waals surface area (Å²) < 4.78 is 5.55. The van der Waals surface area contributed by atoms with Crippen LogP contribution in [0.2, 0.25) is 0 Å². The molecule has 0 aliphatic carbocycles. The first-order valence-electron chi connectivity index (χ1n) is 7.24. The van der Waals surface area contributed by atoms with E-state index in [9.17, 15) is 4.79 Å². The van der Waals surface area contributed by atoms with Gasteiger partial charge in [-0.25, -0.2) is 0 Å². The highest BCUT2D eigenvalue weighted by Crippen LogP contribution is 2.42. The zero-order valence-corrected chi connectivity index (χ0v) is 13.3. The van der Waals surface area contributed by atoms with Crippen LogP contribution >= 0.6 is 11.8 Å². The van der Waals surface area contributed by atoms with E-state index in [1.54, 1.807) is 30.8 Å². The molecule has 0 spiro atoms. The minimum absolute atomic E-state index is 0.0442. The van der Waals surface area contributed by atoms with Crippen LogP contribution in [0.4, 0.5) is 11.4 Å². The predicted molar refractivity (Wildman–Crippen MR) is 86.6 cm³/mol. The van der Waals surface area contributed by atoms with Gasteiger partial charge in [-0.15, -0.1) is 11.8 Å². The summed E-state index contributed by atoms with van der Waals surface area (Å²) in [6.45, 7) is 2.13. The Labute approximate surface area is 129 Å². The average molecular weight is 307 g/mol. The second-order valence-electron chi connectivity index (χ2n) is 5.50. The molecule has 114 valence electrons. The minimum Gasteiger partial charge on any atom is -0.495 e. The van der Waals surface area contributed by atoms with Gasteiger partial charge in [0.25, 0.3) is 0 Å². The summed E-state index contributed by atoms with van der Waals surface area (Å²) in [6.07, 6.45) is 2.44. The Hall–Kier alpha value is -1.40. The Morgan fingerprint density at radius 2 is 2.00 bits per heavy atom. The van der Waals surface area contributed by atoms with Gasteiger partial charge < -0.3 is 20.3 Å². The van der Waals surface area contributed by atoms with Crippen molar-refractivity contribution >= 4 is 29.0 Å². The molecule has 2 aliphatic rings. The first kappa shape index (κ1) is 14.5. The molecule has 1 fully saturated rings. The van der Waals surface area contributed by atoms with Gasteiger partial charge in [0.15, 0.2) is 0 Å². The number of nitrogens with zero attached hydrogens (tertiary/aromatic N) is 2. The van der Waals surface area contributed by atoms with Crippen LogP contribution in [0.15, 0.2) is 17.0 Å².